The second kappa shape index (κ2) is 9.39. The number of carbonyl (C=O) groups is 2. The van der Waals surface area contributed by atoms with Crippen molar-refractivity contribution in [2.45, 2.75) is 20.3 Å². The normalized spacial score (nSPS) is 16.8. The van der Waals surface area contributed by atoms with E-state index >= 15 is 0 Å². The molecule has 1 fully saturated rings. The molecule has 1 atom stereocenters. The van der Waals surface area contributed by atoms with Crippen molar-refractivity contribution in [1.82, 2.24) is 19.4 Å². The van der Waals surface area contributed by atoms with Crippen LogP contribution in [0.1, 0.15) is 28.5 Å². The first kappa shape index (κ1) is 21.8. The maximum atomic E-state index is 13.2. The lowest BCUT2D eigenvalue weighted by Crippen LogP contribution is -2.38. The van der Waals surface area contributed by atoms with Gasteiger partial charge in [-0.1, -0.05) is 54.1 Å². The van der Waals surface area contributed by atoms with E-state index in [1.807, 2.05) is 18.9 Å². The van der Waals surface area contributed by atoms with Crippen molar-refractivity contribution in [3.05, 3.63) is 77.9 Å². The van der Waals surface area contributed by atoms with E-state index in [4.69, 9.17) is 0 Å². The lowest BCUT2D eigenvalue weighted by molar-refractivity contribution is -0.134. The summed E-state index contributed by atoms with van der Waals surface area (Å²) in [7, 11) is 1.85. The van der Waals surface area contributed by atoms with Crippen LogP contribution in [-0.2, 0) is 18.3 Å². The van der Waals surface area contributed by atoms with E-state index in [1.54, 1.807) is 22.0 Å². The number of carbonyl (C=O) groups excluding carboxylic acids is 2. The summed E-state index contributed by atoms with van der Waals surface area (Å²) in [5.74, 6) is -0.266. The maximum Gasteiger partial charge on any atom is 0.274 e. The summed E-state index contributed by atoms with van der Waals surface area (Å²) in [5.41, 5.74) is 5.10. The minimum atomic E-state index is -0.269. The quantitative estimate of drug-likeness (QED) is 0.622. The van der Waals surface area contributed by atoms with Gasteiger partial charge in [-0.3, -0.25) is 9.59 Å². The summed E-state index contributed by atoms with van der Waals surface area (Å²) in [4.78, 5) is 34.0. The third-order valence-electron chi connectivity index (χ3n) is 6.12. The molecule has 0 bridgehead atoms. The Balaban J connectivity index is 1.53. The Kier molecular flexibility index (Phi) is 6.40. The van der Waals surface area contributed by atoms with E-state index in [2.05, 4.69) is 60.4 Å². The molecule has 166 valence electrons. The number of hydrogen-bond donors (Lipinski definition) is 0. The number of likely N-dealkylation sites (N-methyl/N-ethyl adjacent to an activating group) is 1. The second-order valence-corrected chi connectivity index (χ2v) is 8.56. The predicted octanol–water partition coefficient (Wildman–Crippen LogP) is 3.56. The molecule has 2 amide bonds. The maximum absolute atomic E-state index is 13.2. The van der Waals surface area contributed by atoms with Gasteiger partial charge in [0.1, 0.15) is 5.69 Å². The minimum absolute atomic E-state index is 0.115. The van der Waals surface area contributed by atoms with Gasteiger partial charge in [0, 0.05) is 39.4 Å². The van der Waals surface area contributed by atoms with Crippen molar-refractivity contribution >= 4 is 11.8 Å². The number of aromatic nitrogens is 2. The average Bonchev–Trinajstić information content (AvgIpc) is 3.17. The van der Waals surface area contributed by atoms with E-state index in [9.17, 15) is 9.59 Å². The van der Waals surface area contributed by atoms with Crippen LogP contribution in [-0.4, -0.2) is 57.3 Å². The SMILES string of the molecule is CCN1CCN(C(=O)c2cn(C)cn2)CC(Cc2ccc(-c3cccc(C)c3)cc2)C1=O. The van der Waals surface area contributed by atoms with Gasteiger partial charge in [-0.05, 0) is 37.0 Å². The third kappa shape index (κ3) is 4.74. The number of nitrogens with zero attached hydrogens (tertiary/aromatic N) is 4. The van der Waals surface area contributed by atoms with Crippen molar-refractivity contribution in [1.29, 1.82) is 0 Å². The minimum Gasteiger partial charge on any atom is -0.341 e. The molecule has 6 nitrogen and oxygen atoms in total. The highest BCUT2D eigenvalue weighted by Gasteiger charge is 2.32. The number of rotatable bonds is 5. The van der Waals surface area contributed by atoms with Gasteiger partial charge in [-0.15, -0.1) is 0 Å². The Morgan fingerprint density at radius 2 is 1.88 bits per heavy atom. The fourth-order valence-corrected chi connectivity index (χ4v) is 4.32. The number of hydrogen-bond acceptors (Lipinski definition) is 3. The molecule has 0 aliphatic carbocycles. The first-order valence-corrected chi connectivity index (χ1v) is 11.2. The molecule has 0 spiro atoms. The van der Waals surface area contributed by atoms with Gasteiger partial charge < -0.3 is 14.4 Å². The number of imidazole rings is 1. The molecule has 1 unspecified atom stereocenters. The highest BCUT2D eigenvalue weighted by Crippen LogP contribution is 2.23. The number of benzene rings is 2. The Morgan fingerprint density at radius 3 is 2.53 bits per heavy atom. The van der Waals surface area contributed by atoms with E-state index in [-0.39, 0.29) is 17.7 Å². The van der Waals surface area contributed by atoms with E-state index in [0.717, 1.165) is 11.1 Å². The van der Waals surface area contributed by atoms with Crippen LogP contribution < -0.4 is 0 Å². The van der Waals surface area contributed by atoms with Crippen molar-refractivity contribution in [3.63, 3.8) is 0 Å². The van der Waals surface area contributed by atoms with Gasteiger partial charge in [0.2, 0.25) is 5.91 Å². The summed E-state index contributed by atoms with van der Waals surface area (Å²) in [6.45, 7) is 6.21. The molecule has 1 aliphatic heterocycles. The van der Waals surface area contributed by atoms with Crippen LogP contribution in [0.4, 0.5) is 0 Å². The summed E-state index contributed by atoms with van der Waals surface area (Å²) in [6, 6.07) is 16.8. The van der Waals surface area contributed by atoms with Gasteiger partial charge in [-0.2, -0.15) is 0 Å². The van der Waals surface area contributed by atoms with Crippen LogP contribution in [0.3, 0.4) is 0 Å². The molecule has 2 aromatic carbocycles. The molecule has 32 heavy (non-hydrogen) atoms. The summed E-state index contributed by atoms with van der Waals surface area (Å²) < 4.78 is 1.77. The molecule has 0 saturated carbocycles. The number of amides is 2. The Bertz CT molecular complexity index is 1100. The van der Waals surface area contributed by atoms with Crippen LogP contribution in [0.15, 0.2) is 61.1 Å². The average molecular weight is 431 g/mol. The van der Waals surface area contributed by atoms with Crippen LogP contribution in [0.25, 0.3) is 11.1 Å². The highest BCUT2D eigenvalue weighted by atomic mass is 16.2. The van der Waals surface area contributed by atoms with Crippen molar-refractivity contribution in [3.8, 4) is 11.1 Å². The van der Waals surface area contributed by atoms with Gasteiger partial charge >= 0.3 is 0 Å². The highest BCUT2D eigenvalue weighted by molar-refractivity contribution is 5.93. The topological polar surface area (TPSA) is 58.4 Å². The van der Waals surface area contributed by atoms with Crippen molar-refractivity contribution in [2.24, 2.45) is 13.0 Å². The van der Waals surface area contributed by atoms with Gasteiger partial charge in [-0.25, -0.2) is 4.98 Å². The summed E-state index contributed by atoms with van der Waals surface area (Å²) in [5, 5.41) is 0. The Labute approximate surface area is 189 Å². The van der Waals surface area contributed by atoms with E-state index in [1.165, 1.54) is 11.1 Å². The lowest BCUT2D eigenvalue weighted by Gasteiger charge is -2.23. The fourth-order valence-electron chi connectivity index (χ4n) is 4.32. The van der Waals surface area contributed by atoms with Crippen LogP contribution in [0, 0.1) is 12.8 Å². The van der Waals surface area contributed by atoms with E-state index in [0.29, 0.717) is 38.3 Å². The third-order valence-corrected chi connectivity index (χ3v) is 6.12. The lowest BCUT2D eigenvalue weighted by atomic mass is 9.95. The molecule has 0 radical (unpaired) electrons. The molecule has 3 aromatic rings. The Hall–Kier alpha value is -3.41. The second-order valence-electron chi connectivity index (χ2n) is 8.56. The van der Waals surface area contributed by atoms with Crippen molar-refractivity contribution in [2.75, 3.05) is 26.2 Å². The number of aryl methyl sites for hydroxylation is 2. The monoisotopic (exact) mass is 430 g/mol. The fraction of sp³-hybridized carbons (Fsp3) is 0.346. The molecule has 2 heterocycles. The Morgan fingerprint density at radius 1 is 1.09 bits per heavy atom. The van der Waals surface area contributed by atoms with E-state index < -0.39 is 0 Å². The molecule has 1 saturated heterocycles. The molecule has 1 aromatic heterocycles. The summed E-state index contributed by atoms with van der Waals surface area (Å²) >= 11 is 0. The first-order chi connectivity index (χ1) is 15.4. The van der Waals surface area contributed by atoms with Gasteiger partial charge in [0.25, 0.3) is 5.91 Å². The molecule has 0 N–H and O–H groups in total. The molecular weight excluding hydrogens is 400 g/mol. The first-order valence-electron chi connectivity index (χ1n) is 11.2. The summed E-state index contributed by atoms with van der Waals surface area (Å²) in [6.07, 6.45) is 3.96. The van der Waals surface area contributed by atoms with Gasteiger partial charge in [0.05, 0.1) is 12.2 Å². The molecule has 4 rings (SSSR count). The smallest absolute Gasteiger partial charge is 0.274 e. The van der Waals surface area contributed by atoms with Gasteiger partial charge in [0.15, 0.2) is 0 Å². The van der Waals surface area contributed by atoms with Crippen LogP contribution in [0.2, 0.25) is 0 Å². The standard InChI is InChI=1S/C26H30N4O2/c1-4-29-12-13-30(26(32)24-17-28(3)18-27-24)16-23(25(29)31)15-20-8-10-21(11-9-20)22-7-5-6-19(2)14-22/h5-11,14,17-18,23H,4,12-13,15-16H2,1-3H3. The largest absolute Gasteiger partial charge is 0.341 e. The zero-order valence-corrected chi connectivity index (χ0v) is 19.0. The van der Waals surface area contributed by atoms with Crippen LogP contribution >= 0.6 is 0 Å². The van der Waals surface area contributed by atoms with Crippen LogP contribution in [0.5, 0.6) is 0 Å². The van der Waals surface area contributed by atoms with Crippen molar-refractivity contribution < 1.29 is 9.59 Å². The molecule has 6 heteroatoms. The molecule has 1 aliphatic rings. The zero-order valence-electron chi connectivity index (χ0n) is 19.0. The predicted molar refractivity (Wildman–Crippen MR) is 125 cm³/mol. The molecular formula is C26H30N4O2. The zero-order chi connectivity index (χ0) is 22.7.